The van der Waals surface area contributed by atoms with Gasteiger partial charge in [-0.1, -0.05) is 40.5 Å². The number of carboxylic acids is 1. The molecule has 13 atom stereocenters. The Bertz CT molecular complexity index is 2400. The van der Waals surface area contributed by atoms with Crippen LogP contribution in [0.15, 0.2) is 12.5 Å². The number of amides is 10. The third kappa shape index (κ3) is 32.1. The Morgan fingerprint density at radius 1 is 0.489 bits per heavy atom. The third-order valence-electron chi connectivity index (χ3n) is 15.4. The Balaban J connectivity index is 3.52. The molecule has 0 radical (unpaired) electrons. The number of aliphatic hydroxyl groups is 1. The fourth-order valence-electron chi connectivity index (χ4n) is 9.48. The minimum atomic E-state index is -1.64. The summed E-state index contributed by atoms with van der Waals surface area (Å²) in [6.07, 6.45) is 8.83. The van der Waals surface area contributed by atoms with Crippen LogP contribution in [-0.2, 0) is 59.2 Å². The molecular weight excluding hydrogens is 1230 g/mol. The molecule has 1 aromatic rings. The van der Waals surface area contributed by atoms with Crippen molar-refractivity contribution in [1.82, 2.24) is 63.1 Å². The topological polar surface area (TPSA) is 533 Å². The number of imidazole rings is 1. The lowest BCUT2D eigenvalue weighted by molar-refractivity contribution is -0.142. The number of aromatic nitrogens is 2. The van der Waals surface area contributed by atoms with Gasteiger partial charge in [-0.15, -0.1) is 0 Å². The van der Waals surface area contributed by atoms with E-state index in [0.717, 1.165) is 0 Å². The zero-order chi connectivity index (χ0) is 69.3. The normalized spacial score (nSPS) is 15.6. The van der Waals surface area contributed by atoms with Crippen LogP contribution in [0.4, 0.5) is 0 Å². The highest BCUT2D eigenvalue weighted by Gasteiger charge is 2.38. The van der Waals surface area contributed by atoms with Gasteiger partial charge in [0, 0.05) is 24.1 Å². The van der Waals surface area contributed by atoms with Crippen molar-refractivity contribution < 1.29 is 63.0 Å². The molecule has 92 heavy (non-hydrogen) atoms. The van der Waals surface area contributed by atoms with Crippen LogP contribution in [0.25, 0.3) is 0 Å². The number of thiol groups is 1. The zero-order valence-electron chi connectivity index (χ0n) is 54.6. The van der Waals surface area contributed by atoms with E-state index >= 15 is 0 Å². The number of hydrogen-bond donors (Lipinski definition) is 20. The summed E-state index contributed by atoms with van der Waals surface area (Å²) in [6, 6.07) is -14.3. The summed E-state index contributed by atoms with van der Waals surface area (Å²) in [5, 5.41) is 47.1. The average Bonchev–Trinajstić information content (AvgIpc) is 1.12. The van der Waals surface area contributed by atoms with Crippen LogP contribution in [0, 0.1) is 11.8 Å². The Labute approximate surface area is 550 Å². The van der Waals surface area contributed by atoms with Crippen molar-refractivity contribution >= 4 is 89.4 Å². The maximum absolute atomic E-state index is 14.6. The van der Waals surface area contributed by atoms with Gasteiger partial charge in [0.1, 0.15) is 60.4 Å². The van der Waals surface area contributed by atoms with E-state index in [9.17, 15) is 63.0 Å². The average molecular weight is 1340 g/mol. The van der Waals surface area contributed by atoms with E-state index in [-0.39, 0.29) is 50.8 Å². The Morgan fingerprint density at radius 2 is 0.848 bits per heavy atom. The van der Waals surface area contributed by atoms with E-state index in [0.29, 0.717) is 115 Å². The molecule has 0 saturated carbocycles. The van der Waals surface area contributed by atoms with Gasteiger partial charge in [0.2, 0.25) is 59.1 Å². The van der Waals surface area contributed by atoms with Crippen LogP contribution in [0.3, 0.4) is 0 Å². The van der Waals surface area contributed by atoms with Crippen molar-refractivity contribution in [2.45, 2.75) is 223 Å². The van der Waals surface area contributed by atoms with Gasteiger partial charge in [-0.05, 0) is 160 Å². The molecular formula is C59H110N18O13S2. The van der Waals surface area contributed by atoms with Crippen molar-refractivity contribution in [3.63, 3.8) is 0 Å². The van der Waals surface area contributed by atoms with Crippen LogP contribution in [0.2, 0.25) is 0 Å². The highest BCUT2D eigenvalue weighted by Crippen LogP contribution is 2.15. The molecule has 526 valence electrons. The first-order valence-electron chi connectivity index (χ1n) is 32.1. The standard InChI is InChI=1S/C59H110N18O13S2/c1-7-35(4)47(76-55(85)45(32-91)74-58(88)48(36(5)78)77-53(83)41(21-11-16-27-63)68-49(79)38(65)18-8-13-24-60)57(87)75-46(34(2)3)56(86)73-44(30-37-31-66-33-67-37)54(84)70-39(19-9-14-25-61)50(80)71-42(23-29-92-6)52(82)69-40(20-10-15-26-62)51(81)72-43(59(89)90)22-12-17-28-64/h31,33-36,38-48,78,91H,7-30,32,60-65H2,1-6H3,(H,66,67)(H,68,79)(H,69,82)(H,70,84)(H,71,80)(H,72,81)(H,73,86)(H,74,88)(H,75,87)(H,76,85)(H,77,83)(H,89,90)/t35-,36+,38-,39-,40-,41-,42-,43-,44-,45-,46-,47-,48-/m0/s1. The number of nitrogens with zero attached hydrogens (tertiary/aromatic N) is 1. The maximum atomic E-state index is 14.6. The molecule has 0 bridgehead atoms. The number of carboxylic acid groups (broad SMARTS) is 1. The molecule has 0 fully saturated rings. The van der Waals surface area contributed by atoms with Crippen molar-refractivity contribution in [2.24, 2.45) is 46.2 Å². The first-order valence-corrected chi connectivity index (χ1v) is 34.1. The predicted octanol–water partition coefficient (Wildman–Crippen LogP) is -3.38. The maximum Gasteiger partial charge on any atom is 0.326 e. The lowest BCUT2D eigenvalue weighted by Gasteiger charge is -2.31. The minimum Gasteiger partial charge on any atom is -0.480 e. The zero-order valence-corrected chi connectivity index (χ0v) is 56.3. The SMILES string of the molecule is CC[C@H](C)[C@H](NC(=O)[C@H](CS)NC(=O)[C@@H](NC(=O)[C@H](CCCCN)NC(=O)[C@@H](N)CCCCN)[C@@H](C)O)C(=O)N[C@H](C(=O)N[C@@H](Cc1cnc[nH]1)C(=O)N[C@@H](CCCCN)C(=O)N[C@@H](CCSC)C(=O)N[C@@H](CCCCN)C(=O)N[C@@H](CCCCN)C(=O)O)C(C)C. The van der Waals surface area contributed by atoms with Gasteiger partial charge >= 0.3 is 5.97 Å². The van der Waals surface area contributed by atoms with Gasteiger partial charge in [-0.25, -0.2) is 9.78 Å². The van der Waals surface area contributed by atoms with Crippen LogP contribution >= 0.6 is 24.4 Å². The van der Waals surface area contributed by atoms with E-state index in [4.69, 9.17) is 34.4 Å². The molecule has 0 aliphatic heterocycles. The van der Waals surface area contributed by atoms with Gasteiger partial charge in [0.05, 0.1) is 18.5 Å². The fraction of sp³-hybridized carbons (Fsp3) is 0.763. The van der Waals surface area contributed by atoms with Crippen LogP contribution in [0.5, 0.6) is 0 Å². The second-order valence-electron chi connectivity index (χ2n) is 23.4. The molecule has 1 heterocycles. The first-order chi connectivity index (χ1) is 43.8. The number of aliphatic hydroxyl groups excluding tert-OH is 1. The number of carbonyl (C=O) groups is 11. The molecule has 33 heteroatoms. The summed E-state index contributed by atoms with van der Waals surface area (Å²) in [7, 11) is 0. The quantitative estimate of drug-likeness (QED) is 0.0224. The molecule has 1 aromatic heterocycles. The van der Waals surface area contributed by atoms with E-state index < -0.39 is 149 Å². The van der Waals surface area contributed by atoms with Gasteiger partial charge in [0.15, 0.2) is 0 Å². The molecule has 25 N–H and O–H groups in total. The van der Waals surface area contributed by atoms with Crippen LogP contribution in [-0.4, -0.2) is 208 Å². The molecule has 0 aliphatic carbocycles. The van der Waals surface area contributed by atoms with Crippen LogP contribution < -0.4 is 87.6 Å². The summed E-state index contributed by atoms with van der Waals surface area (Å²) in [5.41, 5.74) is 34.9. The summed E-state index contributed by atoms with van der Waals surface area (Å²) in [4.78, 5) is 159. The molecule has 0 saturated heterocycles. The first kappa shape index (κ1) is 83.8. The van der Waals surface area contributed by atoms with Crippen molar-refractivity contribution in [2.75, 3.05) is 50.5 Å². The summed E-state index contributed by atoms with van der Waals surface area (Å²) in [5.74, 6) is -10.4. The molecule has 10 amide bonds. The number of hydrogen-bond acceptors (Lipinski definition) is 21. The van der Waals surface area contributed by atoms with E-state index in [1.807, 2.05) is 0 Å². The molecule has 31 nitrogen and oxygen atoms in total. The predicted molar refractivity (Wildman–Crippen MR) is 355 cm³/mol. The number of nitrogens with two attached hydrogens (primary N) is 6. The second-order valence-corrected chi connectivity index (χ2v) is 24.7. The monoisotopic (exact) mass is 1340 g/mol. The number of H-pyrrole nitrogens is 1. The number of aliphatic carboxylic acids is 1. The Kier molecular flexibility index (Phi) is 43.4. The van der Waals surface area contributed by atoms with Crippen molar-refractivity contribution in [3.05, 3.63) is 18.2 Å². The number of nitrogens with one attached hydrogen (secondary N) is 11. The summed E-state index contributed by atoms with van der Waals surface area (Å²) >= 11 is 5.68. The van der Waals surface area contributed by atoms with Gasteiger partial charge in [-0.2, -0.15) is 24.4 Å². The third-order valence-corrected chi connectivity index (χ3v) is 16.4. The highest BCUT2D eigenvalue weighted by atomic mass is 32.2. The molecule has 0 aliphatic rings. The fourth-order valence-corrected chi connectivity index (χ4v) is 10.2. The Morgan fingerprint density at radius 3 is 1.26 bits per heavy atom. The lowest BCUT2D eigenvalue weighted by Crippen LogP contribution is -2.63. The highest BCUT2D eigenvalue weighted by molar-refractivity contribution is 7.98. The molecule has 0 spiro atoms. The van der Waals surface area contributed by atoms with Crippen molar-refractivity contribution in [3.8, 4) is 0 Å². The number of carbonyl (C=O) groups excluding carboxylic acids is 10. The summed E-state index contributed by atoms with van der Waals surface area (Å²) in [6.45, 7) is 9.55. The number of unbranched alkanes of at least 4 members (excludes halogenated alkanes) is 5. The van der Waals surface area contributed by atoms with Crippen LogP contribution in [0.1, 0.15) is 149 Å². The molecule has 0 unspecified atom stereocenters. The van der Waals surface area contributed by atoms with Crippen molar-refractivity contribution in [1.29, 1.82) is 0 Å². The lowest BCUT2D eigenvalue weighted by atomic mass is 9.96. The van der Waals surface area contributed by atoms with Gasteiger partial charge in [-0.3, -0.25) is 47.9 Å². The van der Waals surface area contributed by atoms with Gasteiger partial charge in [0.25, 0.3) is 0 Å². The molecule has 0 aromatic carbocycles. The Hall–Kier alpha value is -6.20. The largest absolute Gasteiger partial charge is 0.480 e. The number of aromatic amines is 1. The smallest absolute Gasteiger partial charge is 0.326 e. The number of rotatable bonds is 51. The number of thioether (sulfide) groups is 1. The van der Waals surface area contributed by atoms with E-state index in [1.165, 1.54) is 31.2 Å². The second kappa shape index (κ2) is 47.6. The molecule has 1 rings (SSSR count). The van der Waals surface area contributed by atoms with Gasteiger partial charge < -0.3 is 103 Å². The van der Waals surface area contributed by atoms with E-state index in [2.05, 4.69) is 75.8 Å². The minimum absolute atomic E-state index is 0.0358. The van der Waals surface area contributed by atoms with E-state index in [1.54, 1.807) is 34.0 Å². The summed E-state index contributed by atoms with van der Waals surface area (Å²) < 4.78 is 0.